The van der Waals surface area contributed by atoms with Gasteiger partial charge in [-0.3, -0.25) is 9.59 Å². The fourth-order valence-corrected chi connectivity index (χ4v) is 2.51. The van der Waals surface area contributed by atoms with Gasteiger partial charge in [0.1, 0.15) is 0 Å². The van der Waals surface area contributed by atoms with E-state index in [9.17, 15) is 14.7 Å². The van der Waals surface area contributed by atoms with E-state index in [1.54, 1.807) is 29.2 Å². The second-order valence-electron chi connectivity index (χ2n) is 5.75. The lowest BCUT2D eigenvalue weighted by Crippen LogP contribution is -2.41. The maximum atomic E-state index is 12.0. The molecule has 1 heterocycles. The van der Waals surface area contributed by atoms with Gasteiger partial charge in [0, 0.05) is 25.0 Å². The van der Waals surface area contributed by atoms with Crippen LogP contribution in [0.2, 0.25) is 0 Å². The number of benzene rings is 1. The summed E-state index contributed by atoms with van der Waals surface area (Å²) >= 11 is 0. The van der Waals surface area contributed by atoms with Crippen molar-refractivity contribution < 1.29 is 14.7 Å². The maximum absolute atomic E-state index is 12.0. The third-order valence-corrected chi connectivity index (χ3v) is 3.70. The quantitative estimate of drug-likeness (QED) is 0.872. The van der Waals surface area contributed by atoms with Crippen LogP contribution < -0.4 is 5.32 Å². The van der Waals surface area contributed by atoms with Gasteiger partial charge in [-0.15, -0.1) is 0 Å². The zero-order valence-electron chi connectivity index (χ0n) is 12.5. The smallest absolute Gasteiger partial charge is 0.253 e. The van der Waals surface area contributed by atoms with Gasteiger partial charge < -0.3 is 15.3 Å². The number of likely N-dealkylation sites (tertiary alicyclic amines) is 1. The van der Waals surface area contributed by atoms with E-state index in [2.05, 4.69) is 5.32 Å². The van der Waals surface area contributed by atoms with Crippen LogP contribution in [-0.4, -0.2) is 41.0 Å². The van der Waals surface area contributed by atoms with Crippen molar-refractivity contribution in [3.63, 3.8) is 0 Å². The van der Waals surface area contributed by atoms with E-state index in [0.717, 1.165) is 6.42 Å². The molecule has 1 aromatic carbocycles. The van der Waals surface area contributed by atoms with Crippen molar-refractivity contribution >= 4 is 11.8 Å². The molecular formula is C16H22N2O3. The highest BCUT2D eigenvalue weighted by Crippen LogP contribution is 2.16. The van der Waals surface area contributed by atoms with Crippen LogP contribution in [0.1, 0.15) is 31.9 Å². The number of hydrogen-bond acceptors (Lipinski definition) is 3. The molecule has 2 rings (SSSR count). The summed E-state index contributed by atoms with van der Waals surface area (Å²) in [6, 6.07) is 8.75. The summed E-state index contributed by atoms with van der Waals surface area (Å²) in [4.78, 5) is 25.7. The minimum Gasteiger partial charge on any atom is -0.378 e. The topological polar surface area (TPSA) is 69.6 Å². The lowest BCUT2D eigenvalue weighted by atomic mass is 10.1. The fraction of sp³-hybridized carbons (Fsp3) is 0.500. The summed E-state index contributed by atoms with van der Waals surface area (Å²) in [5.41, 5.74) is 0.572. The summed E-state index contributed by atoms with van der Waals surface area (Å²) in [6.45, 7) is 4.91. The number of aliphatic hydroxyl groups excluding tert-OH is 1. The van der Waals surface area contributed by atoms with E-state index >= 15 is 0 Å². The number of rotatable bonds is 4. The average molecular weight is 290 g/mol. The van der Waals surface area contributed by atoms with E-state index in [1.807, 2.05) is 19.9 Å². The third-order valence-electron chi connectivity index (χ3n) is 3.70. The number of carbonyl (C=O) groups is 2. The summed E-state index contributed by atoms with van der Waals surface area (Å²) in [5.74, 6) is -0.338. The first kappa shape index (κ1) is 15.5. The van der Waals surface area contributed by atoms with Crippen LogP contribution in [-0.2, 0) is 9.59 Å². The van der Waals surface area contributed by atoms with Gasteiger partial charge in [0.05, 0.1) is 0 Å². The molecule has 0 saturated carbocycles. The van der Waals surface area contributed by atoms with Crippen molar-refractivity contribution in [2.45, 2.75) is 32.4 Å². The number of carbonyl (C=O) groups excluding carboxylic acids is 2. The normalized spacial score (nSPS) is 19.6. The lowest BCUT2D eigenvalue weighted by Gasteiger charge is -2.20. The minimum absolute atomic E-state index is 0.0330. The molecule has 21 heavy (non-hydrogen) atoms. The zero-order valence-corrected chi connectivity index (χ0v) is 12.5. The molecule has 2 unspecified atom stereocenters. The molecule has 0 aliphatic carbocycles. The molecule has 1 fully saturated rings. The lowest BCUT2D eigenvalue weighted by molar-refractivity contribution is -0.134. The predicted molar refractivity (Wildman–Crippen MR) is 79.4 cm³/mol. The van der Waals surface area contributed by atoms with E-state index < -0.39 is 12.0 Å². The molecular weight excluding hydrogens is 268 g/mol. The number of amides is 2. The Kier molecular flexibility index (Phi) is 4.96. The van der Waals surface area contributed by atoms with Gasteiger partial charge in [0.2, 0.25) is 5.91 Å². The number of hydrogen-bond donors (Lipinski definition) is 2. The Labute approximate surface area is 125 Å². The number of nitrogens with zero attached hydrogens (tertiary/aromatic N) is 1. The fourth-order valence-electron chi connectivity index (χ4n) is 2.51. The van der Waals surface area contributed by atoms with Crippen LogP contribution in [0.3, 0.4) is 0 Å². The van der Waals surface area contributed by atoms with Crippen LogP contribution in [0.15, 0.2) is 30.3 Å². The highest BCUT2D eigenvalue weighted by molar-refractivity contribution is 5.82. The Balaban J connectivity index is 1.88. The monoisotopic (exact) mass is 290 g/mol. The van der Waals surface area contributed by atoms with Crippen molar-refractivity contribution in [3.05, 3.63) is 35.9 Å². The molecule has 2 N–H and O–H groups in total. The van der Waals surface area contributed by atoms with Crippen LogP contribution >= 0.6 is 0 Å². The largest absolute Gasteiger partial charge is 0.378 e. The van der Waals surface area contributed by atoms with E-state index in [0.29, 0.717) is 18.7 Å². The van der Waals surface area contributed by atoms with Crippen molar-refractivity contribution in [1.82, 2.24) is 10.2 Å². The average Bonchev–Trinajstić information content (AvgIpc) is 2.94. The van der Waals surface area contributed by atoms with Crippen LogP contribution in [0.25, 0.3) is 0 Å². The second kappa shape index (κ2) is 6.72. The Hall–Kier alpha value is -1.88. The molecule has 1 aliphatic heterocycles. The molecule has 1 aromatic rings. The van der Waals surface area contributed by atoms with Crippen molar-refractivity contribution in [1.29, 1.82) is 0 Å². The molecule has 5 nitrogen and oxygen atoms in total. The van der Waals surface area contributed by atoms with Crippen LogP contribution in [0.4, 0.5) is 0 Å². The van der Waals surface area contributed by atoms with Gasteiger partial charge in [-0.1, -0.05) is 44.2 Å². The second-order valence-corrected chi connectivity index (χ2v) is 5.75. The van der Waals surface area contributed by atoms with E-state index in [4.69, 9.17) is 0 Å². The first-order valence-corrected chi connectivity index (χ1v) is 7.31. The highest BCUT2D eigenvalue weighted by Gasteiger charge is 2.29. The Bertz CT molecular complexity index is 502. The summed E-state index contributed by atoms with van der Waals surface area (Å²) in [5, 5.41) is 12.8. The Morgan fingerprint density at radius 1 is 1.29 bits per heavy atom. The summed E-state index contributed by atoms with van der Waals surface area (Å²) in [6.07, 6.45) is -0.438. The van der Waals surface area contributed by atoms with Crippen molar-refractivity contribution in [3.8, 4) is 0 Å². The molecule has 0 bridgehead atoms. The van der Waals surface area contributed by atoms with Gasteiger partial charge in [0.15, 0.2) is 6.10 Å². The molecule has 2 amide bonds. The zero-order chi connectivity index (χ0) is 15.4. The Morgan fingerprint density at radius 3 is 2.57 bits per heavy atom. The third kappa shape index (κ3) is 3.82. The molecule has 0 spiro atoms. The molecule has 5 heteroatoms. The standard InChI is InChI=1S/C16H22N2O3/c1-11(2)16(21)18-9-8-13(10-18)17-15(20)14(19)12-6-4-3-5-7-12/h3-7,11,13-14,19H,8-10H2,1-2H3,(H,17,20). The SMILES string of the molecule is CC(C)C(=O)N1CCC(NC(=O)C(O)c2ccccc2)C1. The van der Waals surface area contributed by atoms with E-state index in [-0.39, 0.29) is 17.9 Å². The summed E-state index contributed by atoms with van der Waals surface area (Å²) in [7, 11) is 0. The number of aliphatic hydroxyl groups is 1. The molecule has 0 radical (unpaired) electrons. The molecule has 1 saturated heterocycles. The molecule has 2 atom stereocenters. The van der Waals surface area contributed by atoms with Crippen molar-refractivity contribution in [2.24, 2.45) is 5.92 Å². The van der Waals surface area contributed by atoms with Gasteiger partial charge in [-0.25, -0.2) is 0 Å². The van der Waals surface area contributed by atoms with Gasteiger partial charge in [0.25, 0.3) is 5.91 Å². The van der Waals surface area contributed by atoms with Crippen LogP contribution in [0, 0.1) is 5.92 Å². The maximum Gasteiger partial charge on any atom is 0.253 e. The van der Waals surface area contributed by atoms with Crippen molar-refractivity contribution in [2.75, 3.05) is 13.1 Å². The molecule has 1 aliphatic rings. The first-order chi connectivity index (χ1) is 9.99. The van der Waals surface area contributed by atoms with Gasteiger partial charge >= 0.3 is 0 Å². The van der Waals surface area contributed by atoms with E-state index in [1.165, 1.54) is 0 Å². The first-order valence-electron chi connectivity index (χ1n) is 7.31. The predicted octanol–water partition coefficient (Wildman–Crippen LogP) is 1.09. The number of nitrogens with one attached hydrogen (secondary N) is 1. The van der Waals surface area contributed by atoms with Gasteiger partial charge in [-0.05, 0) is 12.0 Å². The van der Waals surface area contributed by atoms with Crippen LogP contribution in [0.5, 0.6) is 0 Å². The van der Waals surface area contributed by atoms with Gasteiger partial charge in [-0.2, -0.15) is 0 Å². The molecule has 0 aromatic heterocycles. The summed E-state index contributed by atoms with van der Waals surface area (Å²) < 4.78 is 0. The highest BCUT2D eigenvalue weighted by atomic mass is 16.3. The Morgan fingerprint density at radius 2 is 1.95 bits per heavy atom. The molecule has 114 valence electrons. The minimum atomic E-state index is -1.17.